The largest absolute Gasteiger partial charge is 0.337 e. The van der Waals surface area contributed by atoms with Crippen molar-refractivity contribution in [3.63, 3.8) is 0 Å². The van der Waals surface area contributed by atoms with Crippen LogP contribution in [-0.2, 0) is 4.79 Å². The Morgan fingerprint density at radius 1 is 1.19 bits per heavy atom. The Bertz CT molecular complexity index is 294. The lowest BCUT2D eigenvalue weighted by atomic mass is 9.99. The highest BCUT2D eigenvalue weighted by atomic mass is 16.2. The van der Waals surface area contributed by atoms with E-state index in [9.17, 15) is 4.79 Å². The second-order valence-electron chi connectivity index (χ2n) is 6.07. The van der Waals surface area contributed by atoms with Gasteiger partial charge in [-0.2, -0.15) is 0 Å². The lowest BCUT2D eigenvalue weighted by Gasteiger charge is -2.39. The van der Waals surface area contributed by atoms with Gasteiger partial charge >= 0.3 is 0 Å². The molecule has 3 rings (SSSR count). The van der Waals surface area contributed by atoms with E-state index in [0.717, 1.165) is 24.9 Å². The minimum absolute atomic E-state index is 0.358. The number of nitrogens with one attached hydrogen (secondary N) is 1. The van der Waals surface area contributed by atoms with Gasteiger partial charge in [0.15, 0.2) is 0 Å². The second-order valence-corrected chi connectivity index (χ2v) is 6.07. The quantitative estimate of drug-likeness (QED) is 0.724. The normalized spacial score (nSPS) is 46.6. The first-order chi connectivity index (χ1) is 7.65. The predicted octanol–water partition coefficient (Wildman–Crippen LogP) is 1.24. The molecule has 1 heterocycles. The zero-order chi connectivity index (χ0) is 11.3. The Balaban J connectivity index is 1.64. The van der Waals surface area contributed by atoms with Crippen molar-refractivity contribution in [3.8, 4) is 0 Å². The van der Waals surface area contributed by atoms with E-state index in [2.05, 4.69) is 24.1 Å². The van der Waals surface area contributed by atoms with Gasteiger partial charge in [0.2, 0.25) is 5.91 Å². The van der Waals surface area contributed by atoms with Gasteiger partial charge in [-0.3, -0.25) is 4.79 Å². The number of fused-ring (bicyclic) bond motifs is 1. The van der Waals surface area contributed by atoms with Crippen LogP contribution in [0.3, 0.4) is 0 Å². The predicted molar refractivity (Wildman–Crippen MR) is 63.0 cm³/mol. The van der Waals surface area contributed by atoms with Crippen LogP contribution in [0, 0.1) is 17.8 Å². The summed E-state index contributed by atoms with van der Waals surface area (Å²) in [5, 5.41) is 3.43. The summed E-state index contributed by atoms with van der Waals surface area (Å²) in [6, 6.07) is 0.830. The van der Waals surface area contributed by atoms with Crippen molar-refractivity contribution in [2.45, 2.75) is 45.2 Å². The molecule has 4 unspecified atom stereocenters. The summed E-state index contributed by atoms with van der Waals surface area (Å²) in [6.07, 6.45) is 3.75. The average Bonchev–Trinajstić information content (AvgIpc) is 2.88. The molecule has 3 aliphatic rings. The summed E-state index contributed by atoms with van der Waals surface area (Å²) in [4.78, 5) is 14.5. The molecule has 0 aromatic heterocycles. The SMILES string of the molecule is CC1CN(C(=O)C2CC3CC3C2)C(C)CN1. The number of rotatable bonds is 1. The number of carbonyl (C=O) groups is 1. The number of hydrogen-bond acceptors (Lipinski definition) is 2. The Hall–Kier alpha value is -0.570. The van der Waals surface area contributed by atoms with Crippen LogP contribution in [-0.4, -0.2) is 36.0 Å². The van der Waals surface area contributed by atoms with Crippen LogP contribution in [0.1, 0.15) is 33.1 Å². The molecule has 90 valence electrons. The number of amides is 1. The summed E-state index contributed by atoms with van der Waals surface area (Å²) >= 11 is 0. The molecular formula is C13H22N2O. The van der Waals surface area contributed by atoms with Crippen LogP contribution < -0.4 is 5.32 Å². The van der Waals surface area contributed by atoms with Crippen LogP contribution >= 0.6 is 0 Å². The van der Waals surface area contributed by atoms with Crippen LogP contribution in [0.4, 0.5) is 0 Å². The fraction of sp³-hybridized carbons (Fsp3) is 0.923. The van der Waals surface area contributed by atoms with Gasteiger partial charge < -0.3 is 10.2 Å². The Morgan fingerprint density at radius 3 is 2.56 bits per heavy atom. The van der Waals surface area contributed by atoms with Crippen LogP contribution in [0.5, 0.6) is 0 Å². The van der Waals surface area contributed by atoms with E-state index in [4.69, 9.17) is 0 Å². The van der Waals surface area contributed by atoms with Gasteiger partial charge in [0.1, 0.15) is 0 Å². The highest BCUT2D eigenvalue weighted by Crippen LogP contribution is 2.54. The summed E-state index contributed by atoms with van der Waals surface area (Å²) < 4.78 is 0. The standard InChI is InChI=1S/C13H22N2O/c1-8-7-15(9(2)6-14-8)13(16)12-4-10-3-11(10)5-12/h8-12,14H,3-7H2,1-2H3. The molecule has 1 aliphatic heterocycles. The van der Waals surface area contributed by atoms with Crippen LogP contribution in [0.2, 0.25) is 0 Å². The topological polar surface area (TPSA) is 32.3 Å². The van der Waals surface area contributed by atoms with Crippen molar-refractivity contribution in [3.05, 3.63) is 0 Å². The van der Waals surface area contributed by atoms with E-state index < -0.39 is 0 Å². The molecule has 0 aromatic rings. The summed E-state index contributed by atoms with van der Waals surface area (Å²) in [5.74, 6) is 2.61. The molecule has 1 saturated heterocycles. The molecule has 0 spiro atoms. The zero-order valence-corrected chi connectivity index (χ0v) is 10.3. The van der Waals surface area contributed by atoms with Crippen LogP contribution in [0.25, 0.3) is 0 Å². The summed E-state index contributed by atoms with van der Waals surface area (Å²) in [7, 11) is 0. The Morgan fingerprint density at radius 2 is 1.88 bits per heavy atom. The number of piperazine rings is 1. The van der Waals surface area contributed by atoms with Gasteiger partial charge in [-0.05, 0) is 44.9 Å². The smallest absolute Gasteiger partial charge is 0.226 e. The van der Waals surface area contributed by atoms with E-state index in [0.29, 0.717) is 23.9 Å². The van der Waals surface area contributed by atoms with E-state index in [1.54, 1.807) is 0 Å². The number of carbonyl (C=O) groups excluding carboxylic acids is 1. The van der Waals surface area contributed by atoms with Gasteiger partial charge in [-0.15, -0.1) is 0 Å². The second kappa shape index (κ2) is 3.73. The first-order valence-electron chi connectivity index (χ1n) is 6.69. The minimum Gasteiger partial charge on any atom is -0.337 e. The fourth-order valence-corrected chi connectivity index (χ4v) is 3.48. The number of hydrogen-bond donors (Lipinski definition) is 1. The maximum atomic E-state index is 12.4. The first kappa shape index (κ1) is 10.6. The van der Waals surface area contributed by atoms with E-state index in [1.807, 2.05) is 0 Å². The molecular weight excluding hydrogens is 200 g/mol. The van der Waals surface area contributed by atoms with Crippen LogP contribution in [0.15, 0.2) is 0 Å². The third kappa shape index (κ3) is 1.75. The summed E-state index contributed by atoms with van der Waals surface area (Å²) in [6.45, 7) is 6.17. The van der Waals surface area contributed by atoms with Crippen molar-refractivity contribution in [2.24, 2.45) is 17.8 Å². The zero-order valence-electron chi connectivity index (χ0n) is 10.3. The molecule has 1 N–H and O–H groups in total. The lowest BCUT2D eigenvalue weighted by molar-refractivity contribution is -0.139. The molecule has 16 heavy (non-hydrogen) atoms. The maximum absolute atomic E-state index is 12.4. The maximum Gasteiger partial charge on any atom is 0.226 e. The van der Waals surface area contributed by atoms with Crippen molar-refractivity contribution in [2.75, 3.05) is 13.1 Å². The highest BCUT2D eigenvalue weighted by molar-refractivity contribution is 5.80. The Labute approximate surface area is 97.6 Å². The molecule has 4 atom stereocenters. The van der Waals surface area contributed by atoms with Gasteiger partial charge in [0.25, 0.3) is 0 Å². The third-order valence-electron chi connectivity index (χ3n) is 4.64. The average molecular weight is 222 g/mol. The lowest BCUT2D eigenvalue weighted by Crippen LogP contribution is -2.57. The van der Waals surface area contributed by atoms with Gasteiger partial charge in [0.05, 0.1) is 0 Å². The van der Waals surface area contributed by atoms with Gasteiger partial charge in [-0.25, -0.2) is 0 Å². The van der Waals surface area contributed by atoms with Crippen molar-refractivity contribution in [1.29, 1.82) is 0 Å². The molecule has 0 aromatic carbocycles. The van der Waals surface area contributed by atoms with Gasteiger partial charge in [-0.1, -0.05) is 0 Å². The molecule has 0 bridgehead atoms. The molecule has 0 radical (unpaired) electrons. The Kier molecular flexibility index (Phi) is 2.46. The van der Waals surface area contributed by atoms with Crippen molar-refractivity contribution >= 4 is 5.91 Å². The number of nitrogens with zero attached hydrogens (tertiary/aromatic N) is 1. The van der Waals surface area contributed by atoms with Crippen molar-refractivity contribution < 1.29 is 4.79 Å². The molecule has 2 saturated carbocycles. The van der Waals surface area contributed by atoms with Crippen molar-refractivity contribution in [1.82, 2.24) is 10.2 Å². The molecule has 2 aliphatic carbocycles. The third-order valence-corrected chi connectivity index (χ3v) is 4.64. The minimum atomic E-state index is 0.358. The van der Waals surface area contributed by atoms with Gasteiger partial charge in [0, 0.05) is 31.1 Å². The fourth-order valence-electron chi connectivity index (χ4n) is 3.48. The van der Waals surface area contributed by atoms with E-state index in [1.165, 1.54) is 19.3 Å². The first-order valence-corrected chi connectivity index (χ1v) is 6.69. The molecule has 3 heteroatoms. The molecule has 3 fully saturated rings. The monoisotopic (exact) mass is 222 g/mol. The van der Waals surface area contributed by atoms with E-state index >= 15 is 0 Å². The molecule has 1 amide bonds. The van der Waals surface area contributed by atoms with E-state index in [-0.39, 0.29) is 0 Å². The molecule has 3 nitrogen and oxygen atoms in total. The highest BCUT2D eigenvalue weighted by Gasteiger charge is 2.49. The summed E-state index contributed by atoms with van der Waals surface area (Å²) in [5.41, 5.74) is 0.